The molecule has 0 aliphatic carbocycles. The molecule has 2 heterocycles. The molecular formula is C18H22ClNO3. The predicted octanol–water partition coefficient (Wildman–Crippen LogP) is 4.22. The summed E-state index contributed by atoms with van der Waals surface area (Å²) in [7, 11) is 0. The molecule has 0 spiro atoms. The third-order valence-electron chi connectivity index (χ3n) is 4.85. The van der Waals surface area contributed by atoms with Crippen molar-refractivity contribution in [2.75, 3.05) is 6.54 Å². The van der Waals surface area contributed by atoms with E-state index in [4.69, 9.17) is 16.0 Å². The Kier molecular flexibility index (Phi) is 4.64. The van der Waals surface area contributed by atoms with Gasteiger partial charge in [-0.15, -0.1) is 0 Å². The van der Waals surface area contributed by atoms with Crippen LogP contribution in [0.3, 0.4) is 0 Å². The maximum absolute atomic E-state index is 11.8. The lowest BCUT2D eigenvalue weighted by molar-refractivity contribution is 0.135. The number of aromatic hydroxyl groups is 1. The number of fused-ring (bicyclic) bond motifs is 1. The number of nitrogens with zero attached hydrogens (tertiary/aromatic N) is 1. The van der Waals surface area contributed by atoms with Gasteiger partial charge in [0, 0.05) is 24.0 Å². The zero-order valence-electron chi connectivity index (χ0n) is 13.6. The molecular weight excluding hydrogens is 314 g/mol. The minimum Gasteiger partial charge on any atom is -0.506 e. The molecule has 2 aromatic rings. The fourth-order valence-corrected chi connectivity index (χ4v) is 3.77. The molecule has 23 heavy (non-hydrogen) atoms. The van der Waals surface area contributed by atoms with Crippen LogP contribution in [0.5, 0.6) is 5.75 Å². The number of phenolic OH excluding ortho intramolecular Hbond substituents is 1. The van der Waals surface area contributed by atoms with Crippen molar-refractivity contribution in [3.8, 4) is 5.75 Å². The van der Waals surface area contributed by atoms with Crippen LogP contribution in [0.2, 0.25) is 5.02 Å². The van der Waals surface area contributed by atoms with Crippen molar-refractivity contribution in [3.63, 3.8) is 0 Å². The van der Waals surface area contributed by atoms with Gasteiger partial charge in [-0.3, -0.25) is 4.90 Å². The molecule has 1 aromatic carbocycles. The molecule has 0 radical (unpaired) electrons. The normalized spacial score (nSPS) is 19.3. The molecule has 4 nitrogen and oxygen atoms in total. The summed E-state index contributed by atoms with van der Waals surface area (Å²) >= 11 is 6.20. The molecule has 3 rings (SSSR count). The number of aryl methyl sites for hydroxylation is 1. The number of halogens is 1. The molecule has 1 aliphatic rings. The SMILES string of the molecule is CCC1CCCCN1Cc1c(O)c(Cl)cc2c(C)cc(=O)oc12. The van der Waals surface area contributed by atoms with Gasteiger partial charge in [0.25, 0.3) is 0 Å². The Bertz CT molecular complexity index is 784. The number of piperidine rings is 1. The molecule has 1 aromatic heterocycles. The van der Waals surface area contributed by atoms with Gasteiger partial charge in [0.1, 0.15) is 11.3 Å². The van der Waals surface area contributed by atoms with Crippen LogP contribution >= 0.6 is 11.6 Å². The predicted molar refractivity (Wildman–Crippen MR) is 92.2 cm³/mol. The van der Waals surface area contributed by atoms with E-state index in [0.717, 1.165) is 30.3 Å². The number of hydrogen-bond acceptors (Lipinski definition) is 4. The molecule has 1 saturated heterocycles. The van der Waals surface area contributed by atoms with Gasteiger partial charge < -0.3 is 9.52 Å². The van der Waals surface area contributed by atoms with Crippen LogP contribution < -0.4 is 5.63 Å². The van der Waals surface area contributed by atoms with Crippen LogP contribution in [0.25, 0.3) is 11.0 Å². The number of benzene rings is 1. The van der Waals surface area contributed by atoms with Gasteiger partial charge >= 0.3 is 5.63 Å². The van der Waals surface area contributed by atoms with Gasteiger partial charge in [-0.05, 0) is 44.4 Å². The van der Waals surface area contributed by atoms with Gasteiger partial charge in [0.05, 0.1) is 10.6 Å². The minimum absolute atomic E-state index is 0.0216. The Morgan fingerprint density at radius 2 is 2.17 bits per heavy atom. The van der Waals surface area contributed by atoms with Crippen molar-refractivity contribution in [3.05, 3.63) is 38.7 Å². The highest BCUT2D eigenvalue weighted by Crippen LogP contribution is 2.37. The Morgan fingerprint density at radius 3 is 2.91 bits per heavy atom. The van der Waals surface area contributed by atoms with Gasteiger partial charge in [-0.1, -0.05) is 24.9 Å². The first-order chi connectivity index (χ1) is 11.0. The average Bonchev–Trinajstić information content (AvgIpc) is 2.53. The van der Waals surface area contributed by atoms with Crippen LogP contribution in [0.4, 0.5) is 0 Å². The van der Waals surface area contributed by atoms with E-state index >= 15 is 0 Å². The maximum atomic E-state index is 11.8. The lowest BCUT2D eigenvalue weighted by Crippen LogP contribution is -2.38. The summed E-state index contributed by atoms with van der Waals surface area (Å²) in [5.74, 6) is 0.0216. The first-order valence-electron chi connectivity index (χ1n) is 8.20. The second-order valence-electron chi connectivity index (χ2n) is 6.34. The van der Waals surface area contributed by atoms with Crippen molar-refractivity contribution >= 4 is 22.6 Å². The van der Waals surface area contributed by atoms with Crippen molar-refractivity contribution in [2.24, 2.45) is 0 Å². The van der Waals surface area contributed by atoms with Crippen molar-refractivity contribution in [1.29, 1.82) is 0 Å². The van der Waals surface area contributed by atoms with E-state index in [2.05, 4.69) is 11.8 Å². The highest BCUT2D eigenvalue weighted by atomic mass is 35.5. The standard InChI is InChI=1S/C18H22ClNO3/c1-3-12-6-4-5-7-20(12)10-14-17(22)15(19)9-13-11(2)8-16(21)23-18(13)14/h8-9,12,22H,3-7,10H2,1-2H3. The first-order valence-corrected chi connectivity index (χ1v) is 8.58. The zero-order chi connectivity index (χ0) is 16.6. The van der Waals surface area contributed by atoms with Crippen LogP contribution in [-0.4, -0.2) is 22.6 Å². The van der Waals surface area contributed by atoms with E-state index in [-0.39, 0.29) is 5.75 Å². The molecule has 1 unspecified atom stereocenters. The van der Waals surface area contributed by atoms with Gasteiger partial charge in [-0.2, -0.15) is 0 Å². The second kappa shape index (κ2) is 6.54. The highest BCUT2D eigenvalue weighted by Gasteiger charge is 2.24. The monoisotopic (exact) mass is 335 g/mol. The Hall–Kier alpha value is -1.52. The van der Waals surface area contributed by atoms with E-state index in [1.165, 1.54) is 18.9 Å². The summed E-state index contributed by atoms with van der Waals surface area (Å²) in [6, 6.07) is 3.62. The summed E-state index contributed by atoms with van der Waals surface area (Å²) in [5, 5.41) is 11.5. The van der Waals surface area contributed by atoms with Crippen LogP contribution in [-0.2, 0) is 6.54 Å². The summed E-state index contributed by atoms with van der Waals surface area (Å²) in [6.45, 7) is 5.57. The maximum Gasteiger partial charge on any atom is 0.336 e. The summed E-state index contributed by atoms with van der Waals surface area (Å²) < 4.78 is 5.42. The molecule has 0 bridgehead atoms. The van der Waals surface area contributed by atoms with Crippen molar-refractivity contribution < 1.29 is 9.52 Å². The fraction of sp³-hybridized carbons (Fsp3) is 0.500. The van der Waals surface area contributed by atoms with Gasteiger partial charge in [-0.25, -0.2) is 4.79 Å². The van der Waals surface area contributed by atoms with E-state index < -0.39 is 5.63 Å². The second-order valence-corrected chi connectivity index (χ2v) is 6.75. The van der Waals surface area contributed by atoms with Crippen LogP contribution in [0.1, 0.15) is 43.7 Å². The van der Waals surface area contributed by atoms with E-state index in [1.54, 1.807) is 6.07 Å². The average molecular weight is 336 g/mol. The molecule has 1 atom stereocenters. The number of phenols is 1. The Labute approximate surface area is 140 Å². The first kappa shape index (κ1) is 16.3. The van der Waals surface area contributed by atoms with E-state index in [1.807, 2.05) is 6.92 Å². The summed E-state index contributed by atoms with van der Waals surface area (Å²) in [5.41, 5.74) is 1.49. The van der Waals surface area contributed by atoms with Crippen molar-refractivity contribution in [2.45, 2.75) is 52.1 Å². The molecule has 0 amide bonds. The molecule has 1 fully saturated rings. The van der Waals surface area contributed by atoms with Crippen LogP contribution in [0.15, 0.2) is 21.3 Å². The molecule has 5 heteroatoms. The fourth-order valence-electron chi connectivity index (χ4n) is 3.55. The third-order valence-corrected chi connectivity index (χ3v) is 5.13. The highest BCUT2D eigenvalue weighted by molar-refractivity contribution is 6.33. The lowest BCUT2D eigenvalue weighted by Gasteiger charge is -2.35. The number of hydrogen-bond donors (Lipinski definition) is 1. The Balaban J connectivity index is 2.12. The molecule has 1 aliphatic heterocycles. The van der Waals surface area contributed by atoms with Crippen LogP contribution in [0, 0.1) is 6.92 Å². The van der Waals surface area contributed by atoms with E-state index in [0.29, 0.717) is 28.8 Å². The van der Waals surface area contributed by atoms with E-state index in [9.17, 15) is 9.90 Å². The van der Waals surface area contributed by atoms with Crippen molar-refractivity contribution in [1.82, 2.24) is 4.90 Å². The van der Waals surface area contributed by atoms with Gasteiger partial charge in [0.2, 0.25) is 0 Å². The topological polar surface area (TPSA) is 53.7 Å². The summed E-state index contributed by atoms with van der Waals surface area (Å²) in [4.78, 5) is 14.1. The third kappa shape index (κ3) is 3.10. The number of likely N-dealkylation sites (tertiary alicyclic amines) is 1. The lowest BCUT2D eigenvalue weighted by atomic mass is 9.98. The molecule has 1 N–H and O–H groups in total. The minimum atomic E-state index is -0.399. The Morgan fingerprint density at radius 1 is 1.39 bits per heavy atom. The quantitative estimate of drug-likeness (QED) is 0.853. The molecule has 0 saturated carbocycles. The number of rotatable bonds is 3. The van der Waals surface area contributed by atoms with Gasteiger partial charge in [0.15, 0.2) is 0 Å². The zero-order valence-corrected chi connectivity index (χ0v) is 14.3. The summed E-state index contributed by atoms with van der Waals surface area (Å²) in [6.07, 6.45) is 4.63. The largest absolute Gasteiger partial charge is 0.506 e. The molecule has 124 valence electrons. The smallest absolute Gasteiger partial charge is 0.336 e.